The van der Waals surface area contributed by atoms with Crippen molar-refractivity contribution in [3.63, 3.8) is 0 Å². The van der Waals surface area contributed by atoms with Crippen molar-refractivity contribution in [1.29, 1.82) is 0 Å². The molecule has 1 fully saturated rings. The summed E-state index contributed by atoms with van der Waals surface area (Å²) in [5.74, 6) is 0.911. The van der Waals surface area contributed by atoms with Gasteiger partial charge < -0.3 is 4.74 Å². The molecule has 10 heteroatoms. The summed E-state index contributed by atoms with van der Waals surface area (Å²) < 4.78 is 30.1. The van der Waals surface area contributed by atoms with Gasteiger partial charge >= 0.3 is 0 Å². The number of thioether (sulfide) groups is 1. The molecule has 0 bridgehead atoms. The predicted molar refractivity (Wildman–Crippen MR) is 143 cm³/mol. The number of anilines is 1. The third kappa shape index (κ3) is 7.27. The number of aryl methyl sites for hydroxylation is 1. The normalized spacial score (nSPS) is 14.9. The molecule has 0 atom stereocenters. The molecule has 1 saturated heterocycles. The fraction of sp³-hybridized carbons (Fsp3) is 0.440. The number of amides is 1. The van der Waals surface area contributed by atoms with Crippen molar-refractivity contribution in [2.75, 3.05) is 56.3 Å². The van der Waals surface area contributed by atoms with Crippen LogP contribution >= 0.6 is 23.1 Å². The molecule has 1 aliphatic heterocycles. The summed E-state index contributed by atoms with van der Waals surface area (Å²) >= 11 is 3.13. The van der Waals surface area contributed by atoms with Crippen LogP contribution in [-0.4, -0.2) is 75.6 Å². The van der Waals surface area contributed by atoms with Gasteiger partial charge in [-0.1, -0.05) is 29.0 Å². The maximum atomic E-state index is 13.3. The number of carbonyl (C=O) groups excluding carboxylic acids is 1. The Hall–Kier alpha value is -1.98. The Balaban J connectivity index is 1.45. The molecule has 7 nitrogen and oxygen atoms in total. The fourth-order valence-electron chi connectivity index (χ4n) is 3.81. The minimum atomic E-state index is -3.31. The van der Waals surface area contributed by atoms with Crippen molar-refractivity contribution in [3.05, 3.63) is 48.0 Å². The van der Waals surface area contributed by atoms with E-state index < -0.39 is 9.84 Å². The number of rotatable bonds is 10. The van der Waals surface area contributed by atoms with Crippen molar-refractivity contribution in [3.8, 4) is 0 Å². The van der Waals surface area contributed by atoms with E-state index in [1.54, 1.807) is 34.9 Å². The van der Waals surface area contributed by atoms with Gasteiger partial charge in [0.2, 0.25) is 5.91 Å². The Morgan fingerprint density at radius 2 is 1.91 bits per heavy atom. The predicted octanol–water partition coefficient (Wildman–Crippen LogP) is 4.25. The van der Waals surface area contributed by atoms with Crippen molar-refractivity contribution >= 4 is 54.2 Å². The number of hydrogen-bond donors (Lipinski definition) is 0. The number of nitrogens with zero attached hydrogens (tertiary/aromatic N) is 3. The molecule has 2 heterocycles. The summed E-state index contributed by atoms with van der Waals surface area (Å²) in [6.07, 6.45) is 2.41. The van der Waals surface area contributed by atoms with Crippen LogP contribution in [0.25, 0.3) is 10.2 Å². The number of fused-ring (bicyclic) bond motifs is 1. The van der Waals surface area contributed by atoms with Gasteiger partial charge in [0.1, 0.15) is 0 Å². The molecule has 35 heavy (non-hydrogen) atoms. The van der Waals surface area contributed by atoms with E-state index in [0.29, 0.717) is 36.8 Å². The second-order valence-electron chi connectivity index (χ2n) is 8.66. The molecule has 1 aromatic heterocycles. The lowest BCUT2D eigenvalue weighted by Crippen LogP contribution is -2.43. The van der Waals surface area contributed by atoms with E-state index in [2.05, 4.69) is 41.1 Å². The molecule has 0 aliphatic carbocycles. The number of carbonyl (C=O) groups is 1. The average Bonchev–Trinajstić information content (AvgIpc) is 3.26. The molecule has 0 unspecified atom stereocenters. The van der Waals surface area contributed by atoms with Gasteiger partial charge in [0.15, 0.2) is 15.0 Å². The first-order chi connectivity index (χ1) is 16.8. The first-order valence-corrected chi connectivity index (χ1v) is 15.4. The van der Waals surface area contributed by atoms with E-state index >= 15 is 0 Å². The standard InChI is InChI=1S/C25H31N3O4S3/c1-19-5-7-20(8-6-19)33-17-3-4-24(29)28(12-11-27-13-15-32-16-14-27)25-26-22-10-9-21(35(2,30)31)18-23(22)34-25/h5-10,18H,3-4,11-17H2,1-2H3. The summed E-state index contributed by atoms with van der Waals surface area (Å²) in [4.78, 5) is 23.5. The van der Waals surface area contributed by atoms with Crippen LogP contribution in [0.3, 0.4) is 0 Å². The number of aromatic nitrogens is 1. The highest BCUT2D eigenvalue weighted by molar-refractivity contribution is 7.99. The van der Waals surface area contributed by atoms with Crippen LogP contribution in [0.1, 0.15) is 18.4 Å². The molecular formula is C25H31N3O4S3. The smallest absolute Gasteiger partial charge is 0.228 e. The summed E-state index contributed by atoms with van der Waals surface area (Å²) in [6, 6.07) is 13.4. The van der Waals surface area contributed by atoms with Crippen LogP contribution < -0.4 is 4.90 Å². The first-order valence-electron chi connectivity index (χ1n) is 11.7. The molecule has 0 radical (unpaired) electrons. The number of thiazole rings is 1. The molecule has 4 rings (SSSR count). The summed E-state index contributed by atoms with van der Waals surface area (Å²) in [5, 5.41) is 0.620. The van der Waals surface area contributed by atoms with E-state index in [4.69, 9.17) is 4.74 Å². The number of hydrogen-bond acceptors (Lipinski definition) is 8. The zero-order valence-electron chi connectivity index (χ0n) is 20.1. The van der Waals surface area contributed by atoms with Crippen LogP contribution in [0.4, 0.5) is 5.13 Å². The van der Waals surface area contributed by atoms with Gasteiger partial charge in [0, 0.05) is 43.8 Å². The lowest BCUT2D eigenvalue weighted by molar-refractivity contribution is -0.118. The zero-order chi connectivity index (χ0) is 24.8. The van der Waals surface area contributed by atoms with Crippen molar-refractivity contribution < 1.29 is 17.9 Å². The van der Waals surface area contributed by atoms with E-state index in [1.165, 1.54) is 28.1 Å². The lowest BCUT2D eigenvalue weighted by Gasteiger charge is -2.29. The second-order valence-corrected chi connectivity index (χ2v) is 12.9. The van der Waals surface area contributed by atoms with Gasteiger partial charge in [0.25, 0.3) is 0 Å². The molecule has 1 aliphatic rings. The van der Waals surface area contributed by atoms with Crippen LogP contribution in [0.2, 0.25) is 0 Å². The van der Waals surface area contributed by atoms with Gasteiger partial charge in [-0.2, -0.15) is 0 Å². The summed E-state index contributed by atoms with van der Waals surface area (Å²) in [6.45, 7) is 6.49. The minimum absolute atomic E-state index is 0.0464. The van der Waals surface area contributed by atoms with Crippen LogP contribution in [0.5, 0.6) is 0 Å². The fourth-order valence-corrected chi connectivity index (χ4v) is 6.44. The Bertz CT molecular complexity index is 1250. The maximum Gasteiger partial charge on any atom is 0.228 e. The van der Waals surface area contributed by atoms with Gasteiger partial charge in [-0.15, -0.1) is 11.8 Å². The number of ether oxygens (including phenoxy) is 1. The van der Waals surface area contributed by atoms with Gasteiger partial charge in [-0.3, -0.25) is 14.6 Å². The highest BCUT2D eigenvalue weighted by Crippen LogP contribution is 2.31. The van der Waals surface area contributed by atoms with Crippen molar-refractivity contribution in [2.45, 2.75) is 29.6 Å². The maximum absolute atomic E-state index is 13.3. The third-order valence-corrected chi connectivity index (χ3v) is 9.13. The van der Waals surface area contributed by atoms with Gasteiger partial charge in [0.05, 0.1) is 28.3 Å². The molecular weight excluding hydrogens is 502 g/mol. The number of benzene rings is 2. The van der Waals surface area contributed by atoms with Crippen molar-refractivity contribution in [1.82, 2.24) is 9.88 Å². The van der Waals surface area contributed by atoms with E-state index in [0.717, 1.165) is 36.5 Å². The van der Waals surface area contributed by atoms with Gasteiger partial charge in [-0.25, -0.2) is 13.4 Å². The highest BCUT2D eigenvalue weighted by atomic mass is 32.2. The van der Waals surface area contributed by atoms with E-state index in [1.807, 2.05) is 0 Å². The molecule has 0 spiro atoms. The quantitative estimate of drug-likeness (QED) is 0.285. The monoisotopic (exact) mass is 533 g/mol. The number of sulfone groups is 1. The SMILES string of the molecule is Cc1ccc(SCCCC(=O)N(CCN2CCOCC2)c2nc3ccc(S(C)(=O)=O)cc3s2)cc1. The molecule has 0 saturated carbocycles. The lowest BCUT2D eigenvalue weighted by atomic mass is 10.2. The molecule has 0 N–H and O–H groups in total. The molecule has 188 valence electrons. The molecule has 3 aromatic rings. The molecule has 1 amide bonds. The van der Waals surface area contributed by atoms with Crippen LogP contribution in [0, 0.1) is 6.92 Å². The first kappa shape index (κ1) is 26.1. The summed E-state index contributed by atoms with van der Waals surface area (Å²) in [7, 11) is -3.31. The Morgan fingerprint density at radius 1 is 1.17 bits per heavy atom. The van der Waals surface area contributed by atoms with Crippen LogP contribution in [-0.2, 0) is 19.4 Å². The van der Waals surface area contributed by atoms with Crippen molar-refractivity contribution in [2.24, 2.45) is 0 Å². The van der Waals surface area contributed by atoms with E-state index in [9.17, 15) is 13.2 Å². The molecule has 2 aromatic carbocycles. The highest BCUT2D eigenvalue weighted by Gasteiger charge is 2.22. The third-order valence-electron chi connectivity index (χ3n) is 5.88. The topological polar surface area (TPSA) is 79.8 Å². The minimum Gasteiger partial charge on any atom is -0.379 e. The largest absolute Gasteiger partial charge is 0.379 e. The second kappa shape index (κ2) is 11.8. The Labute approximate surface area is 215 Å². The number of morpholine rings is 1. The average molecular weight is 534 g/mol. The zero-order valence-corrected chi connectivity index (χ0v) is 22.6. The van der Waals surface area contributed by atoms with E-state index in [-0.39, 0.29) is 10.8 Å². The Morgan fingerprint density at radius 3 is 2.63 bits per heavy atom. The van der Waals surface area contributed by atoms with Crippen LogP contribution in [0.15, 0.2) is 52.3 Å². The van der Waals surface area contributed by atoms with Gasteiger partial charge in [-0.05, 0) is 49.4 Å². The Kier molecular flexibility index (Phi) is 8.82. The summed E-state index contributed by atoms with van der Waals surface area (Å²) in [5.41, 5.74) is 1.94.